The van der Waals surface area contributed by atoms with Crippen LogP contribution in [0, 0.1) is 53.3 Å². The molecule has 2 rings (SSSR count). The number of carbonyl (C=O) groups is 2. The van der Waals surface area contributed by atoms with Crippen LogP contribution in [0.4, 0.5) is 0 Å². The lowest BCUT2D eigenvalue weighted by molar-refractivity contribution is -0.374. The summed E-state index contributed by atoms with van der Waals surface area (Å²) in [5.74, 6) is 1.59. The first-order chi connectivity index (χ1) is 44.3. The second kappa shape index (κ2) is 51.6. The van der Waals surface area contributed by atoms with Crippen molar-refractivity contribution in [1.29, 1.82) is 0 Å². The molecule has 93 heavy (non-hydrogen) atoms. The smallest absolute Gasteiger partial charge is 0.397 e. The molecule has 0 spiro atoms. The minimum atomic E-state index is -5.32. The molecule has 2 aliphatic rings. The molecule has 0 aromatic heterocycles. The zero-order valence-corrected chi connectivity index (χ0v) is 61.7. The van der Waals surface area contributed by atoms with E-state index in [1.807, 2.05) is 0 Å². The van der Waals surface area contributed by atoms with Gasteiger partial charge in [-0.1, -0.05) is 262 Å². The second-order valence-electron chi connectivity index (χ2n) is 30.4. The van der Waals surface area contributed by atoms with Gasteiger partial charge in [0.25, 0.3) is 0 Å². The highest BCUT2D eigenvalue weighted by atomic mass is 32.3. The van der Waals surface area contributed by atoms with Gasteiger partial charge in [0.1, 0.15) is 30.5 Å². The highest BCUT2D eigenvalue weighted by molar-refractivity contribution is 7.80. The number of aliphatic hydroxyl groups excluding tert-OH is 6. The fraction of sp³-hybridized carbons (Fsp3) is 0.973. The molecule has 0 aromatic carbocycles. The van der Waals surface area contributed by atoms with Crippen molar-refractivity contribution in [3.63, 3.8) is 0 Å². The molecule has 17 nitrogen and oxygen atoms in total. The lowest BCUT2D eigenvalue weighted by Gasteiger charge is -2.46. The van der Waals surface area contributed by atoms with E-state index >= 15 is 0 Å². The van der Waals surface area contributed by atoms with Crippen molar-refractivity contribution in [2.24, 2.45) is 53.3 Å². The lowest BCUT2D eigenvalue weighted by Crippen LogP contribution is -2.65. The zero-order chi connectivity index (χ0) is 69.1. The number of hydrogen-bond donors (Lipinski definition) is 7. The summed E-state index contributed by atoms with van der Waals surface area (Å²) in [5, 5.41) is 64.5. The molecule has 2 aliphatic heterocycles. The van der Waals surface area contributed by atoms with Gasteiger partial charge in [0.2, 0.25) is 6.29 Å². The van der Waals surface area contributed by atoms with E-state index in [4.69, 9.17) is 23.7 Å². The van der Waals surface area contributed by atoms with Crippen molar-refractivity contribution >= 4 is 22.3 Å². The molecule has 0 amide bonds. The van der Waals surface area contributed by atoms with Crippen molar-refractivity contribution in [2.75, 3.05) is 13.2 Å². The fourth-order valence-corrected chi connectivity index (χ4v) is 15.8. The molecule has 0 saturated carbocycles. The van der Waals surface area contributed by atoms with Crippen LogP contribution in [0.1, 0.15) is 333 Å². The average Bonchev–Trinajstić information content (AvgIpc) is 0.826. The molecule has 0 bridgehead atoms. The predicted molar refractivity (Wildman–Crippen MR) is 371 cm³/mol. The van der Waals surface area contributed by atoms with Gasteiger partial charge in [-0.3, -0.25) is 14.1 Å². The molecule has 18 heteroatoms. The Hall–Kier alpha value is -1.55. The van der Waals surface area contributed by atoms with E-state index in [0.717, 1.165) is 70.6 Å². The maximum absolute atomic E-state index is 14.1. The highest BCUT2D eigenvalue weighted by Crippen LogP contribution is 2.36. The Morgan fingerprint density at radius 3 is 1.13 bits per heavy atom. The zero-order valence-electron chi connectivity index (χ0n) is 60.9. The topological polar surface area (TPSA) is 265 Å². The minimum absolute atomic E-state index is 0.0538. The molecule has 2 saturated heterocycles. The van der Waals surface area contributed by atoms with Crippen LogP contribution in [-0.4, -0.2) is 136 Å². The van der Waals surface area contributed by atoms with Gasteiger partial charge in [0.15, 0.2) is 24.6 Å². The van der Waals surface area contributed by atoms with Gasteiger partial charge in [-0.2, -0.15) is 8.42 Å². The van der Waals surface area contributed by atoms with Gasteiger partial charge in [-0.25, -0.2) is 4.18 Å². The largest absolute Gasteiger partial charge is 0.455 e. The van der Waals surface area contributed by atoms with Gasteiger partial charge in [0.05, 0.1) is 25.2 Å². The van der Waals surface area contributed by atoms with E-state index in [1.165, 1.54) is 167 Å². The van der Waals surface area contributed by atoms with E-state index in [9.17, 15) is 53.2 Å². The Morgan fingerprint density at radius 2 is 0.753 bits per heavy atom. The summed E-state index contributed by atoms with van der Waals surface area (Å²) >= 11 is 0. The molecule has 7 N–H and O–H groups in total. The summed E-state index contributed by atoms with van der Waals surface area (Å²) in [6.07, 6.45) is 27.7. The first kappa shape index (κ1) is 87.5. The lowest BCUT2D eigenvalue weighted by atomic mass is 9.79. The summed E-state index contributed by atoms with van der Waals surface area (Å²) in [6, 6.07) is 0. The SMILES string of the molecule is CCCCCCCCCCCCCCCCCC(=O)O[C@@H]1C(OC(=O)[C@@H](C)C[C@@H](C)C[C@@H](C)C[C@@H](C)C[C@@H](C)C[C@@H](C)C[C@@H](C)C[C@@H](C)C[C@@H](C)C(O)CCCCCCCCCCCCCCCCC)[C@H](O)C(CO)O[C@@H]1O[C@H]1OC(CO)[C@@H](O)C(O)[C@@H]1OS(=O)(=O)O. The number of esters is 2. The van der Waals surface area contributed by atoms with Crippen LogP contribution in [0.3, 0.4) is 0 Å². The number of hydrogen-bond acceptors (Lipinski definition) is 16. The van der Waals surface area contributed by atoms with Crippen molar-refractivity contribution in [3.8, 4) is 0 Å². The summed E-state index contributed by atoms with van der Waals surface area (Å²) in [4.78, 5) is 27.8. The van der Waals surface area contributed by atoms with Crippen molar-refractivity contribution in [2.45, 2.75) is 401 Å². The minimum Gasteiger partial charge on any atom is -0.455 e. The number of aliphatic hydroxyl groups is 6. The van der Waals surface area contributed by atoms with Crippen LogP contribution in [0.25, 0.3) is 0 Å². The first-order valence-electron chi connectivity index (χ1n) is 38.3. The van der Waals surface area contributed by atoms with Crippen LogP contribution in [0.2, 0.25) is 0 Å². The summed E-state index contributed by atoms with van der Waals surface area (Å²) in [7, 11) is -5.32. The fourth-order valence-electron chi connectivity index (χ4n) is 15.3. The molecule has 5 unspecified atom stereocenters. The Balaban J connectivity index is 1.91. The maximum Gasteiger partial charge on any atom is 0.397 e. The van der Waals surface area contributed by atoms with Crippen LogP contribution in [0.15, 0.2) is 0 Å². The number of unbranched alkanes of at least 4 members (excludes halogenated alkanes) is 28. The predicted octanol–water partition coefficient (Wildman–Crippen LogP) is 16.3. The highest BCUT2D eigenvalue weighted by Gasteiger charge is 2.55. The van der Waals surface area contributed by atoms with E-state index in [2.05, 4.69) is 73.4 Å². The monoisotopic (exact) mass is 1350 g/mol. The van der Waals surface area contributed by atoms with Crippen molar-refractivity contribution < 1.29 is 81.1 Å². The van der Waals surface area contributed by atoms with Crippen LogP contribution in [-0.2, 0) is 47.9 Å². The molecule has 552 valence electrons. The summed E-state index contributed by atoms with van der Waals surface area (Å²) < 4.78 is 67.6. The Morgan fingerprint density at radius 1 is 0.419 bits per heavy atom. The number of carbonyl (C=O) groups excluding carboxylic acids is 2. The maximum atomic E-state index is 14.1. The van der Waals surface area contributed by atoms with Gasteiger partial charge in [-0.05, 0) is 112 Å². The molecule has 0 radical (unpaired) electrons. The molecular weight excluding hydrogens is 1200 g/mol. The van der Waals surface area contributed by atoms with Crippen LogP contribution >= 0.6 is 0 Å². The molecule has 20 atom stereocenters. The van der Waals surface area contributed by atoms with Crippen LogP contribution < -0.4 is 0 Å². The first-order valence-corrected chi connectivity index (χ1v) is 39.7. The Kier molecular flexibility index (Phi) is 48.6. The van der Waals surface area contributed by atoms with Gasteiger partial charge in [-0.15, -0.1) is 0 Å². The summed E-state index contributed by atoms with van der Waals surface area (Å²) in [5.41, 5.74) is 0. The van der Waals surface area contributed by atoms with Gasteiger partial charge < -0.3 is 54.3 Å². The Labute approximate surface area is 567 Å². The van der Waals surface area contributed by atoms with E-state index in [1.54, 1.807) is 6.92 Å². The Bertz CT molecular complexity index is 1950. The van der Waals surface area contributed by atoms with Crippen molar-refractivity contribution in [1.82, 2.24) is 0 Å². The molecule has 0 aromatic rings. The normalized spacial score (nSPS) is 25.4. The molecular formula is C75H144O17S. The van der Waals surface area contributed by atoms with Gasteiger partial charge >= 0.3 is 22.3 Å². The second-order valence-corrected chi connectivity index (χ2v) is 31.5. The third-order valence-corrected chi connectivity index (χ3v) is 20.6. The third kappa shape index (κ3) is 39.7. The van der Waals surface area contributed by atoms with Crippen LogP contribution in [0.5, 0.6) is 0 Å². The quantitative estimate of drug-likeness (QED) is 0.0169. The van der Waals surface area contributed by atoms with E-state index in [-0.39, 0.29) is 18.4 Å². The van der Waals surface area contributed by atoms with Gasteiger partial charge in [0, 0.05) is 6.42 Å². The van der Waals surface area contributed by atoms with E-state index < -0.39 is 103 Å². The van der Waals surface area contributed by atoms with E-state index in [0.29, 0.717) is 54.3 Å². The van der Waals surface area contributed by atoms with Crippen molar-refractivity contribution in [3.05, 3.63) is 0 Å². The molecule has 0 aliphatic carbocycles. The summed E-state index contributed by atoms with van der Waals surface area (Å²) in [6.45, 7) is 23.0. The average molecular weight is 1350 g/mol. The number of ether oxygens (including phenoxy) is 5. The number of rotatable bonds is 58. The molecule has 2 fully saturated rings. The standard InChI is InChI=1S/C75H144O17S/c1-12-14-16-18-20-22-24-26-28-30-32-34-36-38-40-42-63(78)61(10)50-59(8)48-57(6)46-55(4)44-54(3)45-56(5)47-58(7)49-60(9)51-62(11)73(83)90-70-68(81)65(53-77)88-75(91-74-71(92-93(84,85)86)69(82)67(80)64(52-76)87-74)72(70)89-66(79)43-41-39-37-35-33-31-29-27-25-23-21-19-17-15-13-2/h54-65,67-72,74-78,80-82H,12-53H2,1-11H3,(H,84,85,86)/t54-,55+,56-,57+,58-,59+,60-,61+,62-,63?,64?,65?,67+,68+,69?,70?,71-,72+,74+,75+/m0/s1. The molecule has 2 heterocycles. The third-order valence-electron chi connectivity index (χ3n) is 20.1.